The minimum Gasteiger partial charge on any atom is -0.399 e. The number of imidazole rings is 1. The maximum absolute atomic E-state index is 13.1. The van der Waals surface area contributed by atoms with Crippen molar-refractivity contribution >= 4 is 11.6 Å². The first kappa shape index (κ1) is 23.6. The van der Waals surface area contributed by atoms with Gasteiger partial charge in [0.25, 0.3) is 11.5 Å². The molecule has 8 nitrogen and oxygen atoms in total. The number of halogens is 3. The second kappa shape index (κ2) is 9.01. The lowest BCUT2D eigenvalue weighted by Crippen LogP contribution is -2.29. The summed E-state index contributed by atoms with van der Waals surface area (Å²) in [6.45, 7) is 1.53. The molecule has 180 valence electrons. The molecule has 2 aromatic heterocycles. The van der Waals surface area contributed by atoms with E-state index in [1.54, 1.807) is 24.3 Å². The van der Waals surface area contributed by atoms with Crippen LogP contribution in [0.2, 0.25) is 0 Å². The van der Waals surface area contributed by atoms with Gasteiger partial charge in [0.2, 0.25) is 0 Å². The summed E-state index contributed by atoms with van der Waals surface area (Å²) in [6.07, 6.45) is -0.241. The van der Waals surface area contributed by atoms with Crippen LogP contribution in [0, 0.1) is 0 Å². The Balaban J connectivity index is 1.62. The molecule has 0 aliphatic carbocycles. The van der Waals surface area contributed by atoms with Crippen LogP contribution >= 0.6 is 0 Å². The first-order valence-electron chi connectivity index (χ1n) is 10.4. The van der Waals surface area contributed by atoms with Crippen LogP contribution in [-0.2, 0) is 6.18 Å². The maximum atomic E-state index is 13.1. The molecular weight excluding hydrogens is 463 g/mol. The van der Waals surface area contributed by atoms with Gasteiger partial charge in [-0.15, -0.1) is 0 Å². The van der Waals surface area contributed by atoms with Crippen molar-refractivity contribution in [2.45, 2.75) is 19.1 Å². The molecule has 0 unspecified atom stereocenters. The molecule has 0 spiro atoms. The molecule has 4 aromatic rings. The molecule has 35 heavy (non-hydrogen) atoms. The van der Waals surface area contributed by atoms with E-state index in [0.717, 1.165) is 12.1 Å². The number of anilines is 1. The number of aromatic nitrogens is 3. The van der Waals surface area contributed by atoms with E-state index in [-0.39, 0.29) is 22.5 Å². The summed E-state index contributed by atoms with van der Waals surface area (Å²) in [5.41, 5.74) is 5.07. The average Bonchev–Trinajstić information content (AvgIpc) is 3.24. The van der Waals surface area contributed by atoms with Gasteiger partial charge in [-0.1, -0.05) is 6.07 Å². The Hall–Kier alpha value is -4.54. The summed E-state index contributed by atoms with van der Waals surface area (Å²) in [5, 5.41) is 2.63. The minimum absolute atomic E-state index is 0.0779. The molecule has 0 bridgehead atoms. The van der Waals surface area contributed by atoms with E-state index in [2.05, 4.69) is 10.3 Å². The summed E-state index contributed by atoms with van der Waals surface area (Å²) in [6, 6.07) is 11.4. The molecule has 0 aliphatic heterocycles. The number of aromatic amines is 1. The van der Waals surface area contributed by atoms with Crippen molar-refractivity contribution in [3.8, 4) is 11.4 Å². The molecule has 2 heterocycles. The highest BCUT2D eigenvalue weighted by Gasteiger charge is 2.31. The number of amides is 1. The normalized spacial score (nSPS) is 12.3. The summed E-state index contributed by atoms with van der Waals surface area (Å²) in [5.74, 6) is -0.597. The van der Waals surface area contributed by atoms with Gasteiger partial charge in [0.1, 0.15) is 0 Å². The number of nitrogens with two attached hydrogens (primary N) is 1. The monoisotopic (exact) mass is 483 g/mol. The van der Waals surface area contributed by atoms with E-state index in [9.17, 15) is 27.6 Å². The summed E-state index contributed by atoms with van der Waals surface area (Å²) < 4.78 is 42.0. The Labute approximate surface area is 196 Å². The van der Waals surface area contributed by atoms with Crippen molar-refractivity contribution in [3.05, 3.63) is 111 Å². The molecule has 2 aromatic carbocycles. The lowest BCUT2D eigenvalue weighted by Gasteiger charge is -2.18. The van der Waals surface area contributed by atoms with Crippen molar-refractivity contribution in [2.75, 3.05) is 5.73 Å². The Morgan fingerprint density at radius 2 is 1.74 bits per heavy atom. The average molecular weight is 483 g/mol. The molecule has 0 radical (unpaired) electrons. The van der Waals surface area contributed by atoms with E-state index < -0.39 is 29.2 Å². The Kier molecular flexibility index (Phi) is 6.08. The molecule has 0 fully saturated rings. The summed E-state index contributed by atoms with van der Waals surface area (Å²) in [4.78, 5) is 39.8. The van der Waals surface area contributed by atoms with Crippen molar-refractivity contribution in [3.63, 3.8) is 0 Å². The zero-order valence-electron chi connectivity index (χ0n) is 18.3. The fraction of sp³-hybridized carbons (Fsp3) is 0.125. The number of carbonyl (C=O) groups is 1. The molecule has 0 saturated heterocycles. The Morgan fingerprint density at radius 3 is 2.40 bits per heavy atom. The number of nitrogens with zero attached hydrogens (tertiary/aromatic N) is 2. The van der Waals surface area contributed by atoms with Crippen LogP contribution in [0.3, 0.4) is 0 Å². The fourth-order valence-corrected chi connectivity index (χ4v) is 3.59. The topological polar surface area (TPSA) is 115 Å². The quantitative estimate of drug-likeness (QED) is 0.378. The third kappa shape index (κ3) is 5.03. The number of pyridine rings is 1. The molecule has 1 atom stereocenters. The van der Waals surface area contributed by atoms with Gasteiger partial charge < -0.3 is 16.0 Å². The van der Waals surface area contributed by atoms with Crippen LogP contribution in [0.15, 0.2) is 82.8 Å². The van der Waals surface area contributed by atoms with Gasteiger partial charge in [-0.2, -0.15) is 13.2 Å². The number of hydrogen-bond donors (Lipinski definition) is 3. The zero-order valence-corrected chi connectivity index (χ0v) is 18.3. The minimum atomic E-state index is -4.58. The molecular formula is C24H20F3N5O3. The number of nitrogen functional groups attached to an aromatic ring is 1. The lowest BCUT2D eigenvalue weighted by atomic mass is 10.0. The molecule has 4 N–H and O–H groups in total. The van der Waals surface area contributed by atoms with Crippen LogP contribution in [0.5, 0.6) is 0 Å². The first-order chi connectivity index (χ1) is 16.5. The van der Waals surface area contributed by atoms with Crippen LogP contribution in [0.25, 0.3) is 11.4 Å². The van der Waals surface area contributed by atoms with Crippen LogP contribution < -0.4 is 22.3 Å². The predicted octanol–water partition coefficient (Wildman–Crippen LogP) is 3.41. The van der Waals surface area contributed by atoms with Crippen molar-refractivity contribution in [1.29, 1.82) is 0 Å². The predicted molar refractivity (Wildman–Crippen MR) is 124 cm³/mol. The molecule has 0 aliphatic rings. The number of benzene rings is 2. The van der Waals surface area contributed by atoms with Gasteiger partial charge in [-0.25, -0.2) is 4.79 Å². The van der Waals surface area contributed by atoms with Gasteiger partial charge in [-0.3, -0.25) is 18.7 Å². The summed E-state index contributed by atoms with van der Waals surface area (Å²) in [7, 11) is 0. The number of nitrogens with one attached hydrogen (secondary N) is 2. The van der Waals surface area contributed by atoms with Gasteiger partial charge in [0.05, 0.1) is 28.5 Å². The van der Waals surface area contributed by atoms with E-state index >= 15 is 0 Å². The van der Waals surface area contributed by atoms with Gasteiger partial charge in [0.15, 0.2) is 0 Å². The van der Waals surface area contributed by atoms with E-state index in [1.165, 1.54) is 52.8 Å². The smallest absolute Gasteiger partial charge is 0.399 e. The standard InChI is InChI=1S/C24H20F3N5O3/c1-14(16-9-17(24(25,26)27)11-18(28)10-16)30-22(34)15-5-6-21(33)32(13-15)20-4-2-3-19(12-20)31-8-7-29-23(31)35/h2-14H,28H2,1H3,(H,29,35)(H,30,34)/t14-/m1/s1. The number of carbonyl (C=O) groups excluding carboxylic acids is 1. The van der Waals surface area contributed by atoms with E-state index in [1.807, 2.05) is 0 Å². The third-order valence-corrected chi connectivity index (χ3v) is 5.36. The van der Waals surface area contributed by atoms with Gasteiger partial charge in [0, 0.05) is 30.3 Å². The molecule has 1 amide bonds. The van der Waals surface area contributed by atoms with Crippen LogP contribution in [0.1, 0.15) is 34.5 Å². The fourth-order valence-electron chi connectivity index (χ4n) is 3.59. The SMILES string of the molecule is C[C@@H](NC(=O)c1ccc(=O)n(-c2cccc(-n3cc[nH]c3=O)c2)c1)c1cc(N)cc(C(F)(F)F)c1. The van der Waals surface area contributed by atoms with Crippen LogP contribution in [0.4, 0.5) is 18.9 Å². The summed E-state index contributed by atoms with van der Waals surface area (Å²) >= 11 is 0. The number of H-pyrrole nitrogens is 1. The highest BCUT2D eigenvalue weighted by molar-refractivity contribution is 5.94. The molecule has 4 rings (SSSR count). The largest absolute Gasteiger partial charge is 0.416 e. The number of rotatable bonds is 5. The second-order valence-electron chi connectivity index (χ2n) is 7.86. The van der Waals surface area contributed by atoms with Crippen LogP contribution in [-0.4, -0.2) is 20.0 Å². The van der Waals surface area contributed by atoms with Gasteiger partial charge >= 0.3 is 11.9 Å². The van der Waals surface area contributed by atoms with Gasteiger partial charge in [-0.05, 0) is 55.0 Å². The first-order valence-corrected chi connectivity index (χ1v) is 10.4. The maximum Gasteiger partial charge on any atom is 0.416 e. The highest BCUT2D eigenvalue weighted by Crippen LogP contribution is 2.32. The zero-order chi connectivity index (χ0) is 25.3. The third-order valence-electron chi connectivity index (χ3n) is 5.36. The van der Waals surface area contributed by atoms with E-state index in [0.29, 0.717) is 11.4 Å². The number of alkyl halides is 3. The number of hydrogen-bond acceptors (Lipinski definition) is 4. The van der Waals surface area contributed by atoms with Crippen molar-refractivity contribution < 1.29 is 18.0 Å². The van der Waals surface area contributed by atoms with E-state index in [4.69, 9.17) is 5.73 Å². The van der Waals surface area contributed by atoms with Crippen molar-refractivity contribution in [2.24, 2.45) is 0 Å². The molecule has 11 heteroatoms. The Morgan fingerprint density at radius 1 is 1.03 bits per heavy atom. The lowest BCUT2D eigenvalue weighted by molar-refractivity contribution is -0.137. The second-order valence-corrected chi connectivity index (χ2v) is 7.86. The Bertz CT molecular complexity index is 1520. The van der Waals surface area contributed by atoms with Crippen molar-refractivity contribution in [1.82, 2.24) is 19.4 Å². The highest BCUT2D eigenvalue weighted by atomic mass is 19.4. The molecule has 0 saturated carbocycles.